The maximum absolute atomic E-state index is 13.6. The summed E-state index contributed by atoms with van der Waals surface area (Å²) in [7, 11) is 1.41. The highest BCUT2D eigenvalue weighted by molar-refractivity contribution is 5.79. The Bertz CT molecular complexity index is 433. The van der Waals surface area contributed by atoms with Crippen molar-refractivity contribution in [1.82, 2.24) is 5.32 Å². The van der Waals surface area contributed by atoms with Gasteiger partial charge in [0.05, 0.1) is 13.2 Å². The van der Waals surface area contributed by atoms with Crippen LogP contribution in [0.4, 0.5) is 4.39 Å². The van der Waals surface area contributed by atoms with Crippen molar-refractivity contribution in [2.75, 3.05) is 13.7 Å². The Morgan fingerprint density at radius 2 is 2.21 bits per heavy atom. The fourth-order valence-electron chi connectivity index (χ4n) is 1.83. The van der Waals surface area contributed by atoms with E-state index in [4.69, 9.17) is 10.5 Å². The normalized spacial score (nSPS) is 13.7. The fraction of sp³-hybridized carbons (Fsp3) is 0.500. The number of methoxy groups -OCH3 is 1. The van der Waals surface area contributed by atoms with Crippen molar-refractivity contribution < 1.29 is 13.9 Å². The molecule has 2 atom stereocenters. The SMILES string of the molecule is CCC(CN)C(=O)NC(C)c1ccc(OC)c(F)c1. The molecule has 0 fully saturated rings. The molecule has 4 nitrogen and oxygen atoms in total. The van der Waals surface area contributed by atoms with Crippen molar-refractivity contribution in [3.63, 3.8) is 0 Å². The van der Waals surface area contributed by atoms with Crippen LogP contribution in [0.1, 0.15) is 31.9 Å². The third kappa shape index (κ3) is 3.92. The number of hydrogen-bond acceptors (Lipinski definition) is 3. The average molecular weight is 268 g/mol. The molecule has 3 N–H and O–H groups in total. The third-order valence-electron chi connectivity index (χ3n) is 3.18. The van der Waals surface area contributed by atoms with Crippen LogP contribution in [0.2, 0.25) is 0 Å². The van der Waals surface area contributed by atoms with Gasteiger partial charge in [0.1, 0.15) is 0 Å². The molecule has 0 saturated heterocycles. The van der Waals surface area contributed by atoms with E-state index in [0.717, 1.165) is 0 Å². The average Bonchev–Trinajstić information content (AvgIpc) is 2.39. The maximum atomic E-state index is 13.6. The molecule has 5 heteroatoms. The Kier molecular flexibility index (Phi) is 5.76. The molecule has 0 aliphatic carbocycles. The molecule has 2 unspecified atom stereocenters. The van der Waals surface area contributed by atoms with E-state index in [1.54, 1.807) is 12.1 Å². The summed E-state index contributed by atoms with van der Waals surface area (Å²) in [6.45, 7) is 4.03. The summed E-state index contributed by atoms with van der Waals surface area (Å²) in [5.74, 6) is -0.554. The van der Waals surface area contributed by atoms with E-state index in [9.17, 15) is 9.18 Å². The van der Waals surface area contributed by atoms with Gasteiger partial charge in [0.2, 0.25) is 5.91 Å². The fourth-order valence-corrected chi connectivity index (χ4v) is 1.83. The Balaban J connectivity index is 2.75. The third-order valence-corrected chi connectivity index (χ3v) is 3.18. The number of nitrogens with two attached hydrogens (primary N) is 1. The highest BCUT2D eigenvalue weighted by Gasteiger charge is 2.18. The second-order valence-electron chi connectivity index (χ2n) is 4.47. The van der Waals surface area contributed by atoms with Gasteiger partial charge in [-0.3, -0.25) is 4.79 Å². The van der Waals surface area contributed by atoms with Gasteiger partial charge in [0, 0.05) is 12.5 Å². The molecule has 1 aromatic carbocycles. The van der Waals surface area contributed by atoms with Crippen molar-refractivity contribution in [3.8, 4) is 5.75 Å². The van der Waals surface area contributed by atoms with Crippen LogP contribution in [0.5, 0.6) is 5.75 Å². The molecule has 0 spiro atoms. The van der Waals surface area contributed by atoms with Gasteiger partial charge >= 0.3 is 0 Å². The minimum Gasteiger partial charge on any atom is -0.494 e. The van der Waals surface area contributed by atoms with Crippen molar-refractivity contribution in [1.29, 1.82) is 0 Å². The van der Waals surface area contributed by atoms with Crippen LogP contribution in [-0.2, 0) is 4.79 Å². The van der Waals surface area contributed by atoms with Crippen LogP contribution < -0.4 is 15.8 Å². The molecule has 0 radical (unpaired) electrons. The number of hydrogen-bond donors (Lipinski definition) is 2. The van der Waals surface area contributed by atoms with Gasteiger partial charge in [0.25, 0.3) is 0 Å². The lowest BCUT2D eigenvalue weighted by atomic mass is 10.0. The quantitative estimate of drug-likeness (QED) is 0.829. The lowest BCUT2D eigenvalue weighted by molar-refractivity contribution is -0.125. The van der Waals surface area contributed by atoms with Crippen LogP contribution in [0.3, 0.4) is 0 Å². The van der Waals surface area contributed by atoms with E-state index in [1.165, 1.54) is 13.2 Å². The minimum atomic E-state index is -0.438. The number of carbonyl (C=O) groups is 1. The molecule has 106 valence electrons. The number of benzene rings is 1. The van der Waals surface area contributed by atoms with Crippen molar-refractivity contribution >= 4 is 5.91 Å². The van der Waals surface area contributed by atoms with Crippen LogP contribution >= 0.6 is 0 Å². The zero-order chi connectivity index (χ0) is 14.4. The maximum Gasteiger partial charge on any atom is 0.224 e. The molecule has 1 amide bonds. The summed E-state index contributed by atoms with van der Waals surface area (Å²) in [6.07, 6.45) is 0.687. The first kappa shape index (κ1) is 15.4. The van der Waals surface area contributed by atoms with Crippen molar-refractivity contribution in [3.05, 3.63) is 29.6 Å². The van der Waals surface area contributed by atoms with Gasteiger partial charge in [-0.25, -0.2) is 4.39 Å². The molecule has 1 rings (SSSR count). The standard InChI is InChI=1S/C14H21FN2O2/c1-4-10(8-16)14(18)17-9(2)11-5-6-13(19-3)12(15)7-11/h5-7,9-10H,4,8,16H2,1-3H3,(H,17,18). The Labute approximate surface area is 113 Å². The van der Waals surface area contributed by atoms with Gasteiger partial charge in [-0.2, -0.15) is 0 Å². The van der Waals surface area contributed by atoms with Crippen LogP contribution in [0.15, 0.2) is 18.2 Å². The molecule has 0 aliphatic rings. The largest absolute Gasteiger partial charge is 0.494 e. The minimum absolute atomic E-state index is 0.103. The summed E-state index contributed by atoms with van der Waals surface area (Å²) in [6, 6.07) is 4.38. The summed E-state index contributed by atoms with van der Waals surface area (Å²) in [5.41, 5.74) is 6.22. The number of carbonyl (C=O) groups excluding carboxylic acids is 1. The molecule has 0 bridgehead atoms. The number of rotatable bonds is 6. The molecule has 19 heavy (non-hydrogen) atoms. The van der Waals surface area contributed by atoms with Gasteiger partial charge < -0.3 is 15.8 Å². The number of halogens is 1. The van der Waals surface area contributed by atoms with Gasteiger partial charge in [0.15, 0.2) is 11.6 Å². The second-order valence-corrected chi connectivity index (χ2v) is 4.47. The monoisotopic (exact) mass is 268 g/mol. The highest BCUT2D eigenvalue weighted by Crippen LogP contribution is 2.22. The van der Waals surface area contributed by atoms with Crippen molar-refractivity contribution in [2.24, 2.45) is 11.7 Å². The zero-order valence-electron chi connectivity index (χ0n) is 11.6. The molecule has 0 heterocycles. The summed E-state index contributed by atoms with van der Waals surface area (Å²) < 4.78 is 18.4. The summed E-state index contributed by atoms with van der Waals surface area (Å²) in [5, 5.41) is 2.84. The van der Waals surface area contributed by atoms with Crippen LogP contribution in [0.25, 0.3) is 0 Å². The first-order valence-electron chi connectivity index (χ1n) is 6.37. The highest BCUT2D eigenvalue weighted by atomic mass is 19.1. The molecular weight excluding hydrogens is 247 g/mol. The number of ether oxygens (including phenoxy) is 1. The topological polar surface area (TPSA) is 64.4 Å². The molecule has 0 aromatic heterocycles. The van der Waals surface area contributed by atoms with Crippen molar-refractivity contribution in [2.45, 2.75) is 26.3 Å². The predicted molar refractivity (Wildman–Crippen MR) is 72.3 cm³/mol. The van der Waals surface area contributed by atoms with E-state index < -0.39 is 5.82 Å². The second kappa shape index (κ2) is 7.09. The summed E-state index contributed by atoms with van der Waals surface area (Å²) in [4.78, 5) is 11.9. The van der Waals surface area contributed by atoms with Gasteiger partial charge in [-0.1, -0.05) is 13.0 Å². The Morgan fingerprint density at radius 3 is 2.68 bits per heavy atom. The lowest BCUT2D eigenvalue weighted by Gasteiger charge is -2.19. The van der Waals surface area contributed by atoms with E-state index in [0.29, 0.717) is 18.5 Å². The first-order valence-corrected chi connectivity index (χ1v) is 6.37. The van der Waals surface area contributed by atoms with Crippen LogP contribution in [0, 0.1) is 11.7 Å². The molecular formula is C14H21FN2O2. The number of amides is 1. The van der Waals surface area contributed by atoms with E-state index in [-0.39, 0.29) is 23.6 Å². The molecule has 0 saturated carbocycles. The van der Waals surface area contributed by atoms with Crippen LogP contribution in [-0.4, -0.2) is 19.6 Å². The zero-order valence-corrected chi connectivity index (χ0v) is 11.6. The summed E-state index contributed by atoms with van der Waals surface area (Å²) >= 11 is 0. The molecule has 0 aliphatic heterocycles. The van der Waals surface area contributed by atoms with E-state index >= 15 is 0 Å². The first-order chi connectivity index (χ1) is 9.03. The van der Waals surface area contributed by atoms with Gasteiger partial charge in [-0.05, 0) is 31.0 Å². The molecule has 1 aromatic rings. The number of nitrogens with one attached hydrogen (secondary N) is 1. The Morgan fingerprint density at radius 1 is 1.53 bits per heavy atom. The Hall–Kier alpha value is -1.62. The smallest absolute Gasteiger partial charge is 0.224 e. The van der Waals surface area contributed by atoms with Gasteiger partial charge in [-0.15, -0.1) is 0 Å². The van der Waals surface area contributed by atoms with E-state index in [2.05, 4.69) is 5.32 Å². The van der Waals surface area contributed by atoms with E-state index in [1.807, 2.05) is 13.8 Å². The predicted octanol–water partition coefficient (Wildman–Crippen LogP) is 2.00. The lowest BCUT2D eigenvalue weighted by Crippen LogP contribution is -2.36.